The minimum Gasteiger partial charge on any atom is -0.497 e. The third-order valence-electron chi connectivity index (χ3n) is 3.13. The lowest BCUT2D eigenvalue weighted by molar-refractivity contribution is 0.415. The van der Waals surface area contributed by atoms with Gasteiger partial charge in [0.25, 0.3) is 0 Å². The van der Waals surface area contributed by atoms with E-state index >= 15 is 0 Å². The van der Waals surface area contributed by atoms with Crippen LogP contribution in [0.1, 0.15) is 11.5 Å². The molecule has 0 aliphatic heterocycles. The molecule has 0 atom stereocenters. The molecular weight excluding hydrogens is 252 g/mol. The van der Waals surface area contributed by atoms with Crippen LogP contribution in [-0.2, 0) is 6.54 Å². The van der Waals surface area contributed by atoms with E-state index in [2.05, 4.69) is 29.4 Å². The minimum absolute atomic E-state index is 0.556. The summed E-state index contributed by atoms with van der Waals surface area (Å²) in [6.07, 6.45) is 0. The molecule has 0 spiro atoms. The molecule has 0 bridgehead atoms. The van der Waals surface area contributed by atoms with Crippen molar-refractivity contribution < 1.29 is 9.15 Å². The SMILES string of the molecule is COc1ccc2oc(CNc3ccc(C)cc3)nc2c1. The molecule has 0 unspecified atom stereocenters. The number of benzene rings is 2. The number of nitrogens with zero attached hydrogens (tertiary/aromatic N) is 1. The molecule has 0 aliphatic carbocycles. The summed E-state index contributed by atoms with van der Waals surface area (Å²) in [6, 6.07) is 13.8. The fourth-order valence-corrected chi connectivity index (χ4v) is 2.01. The highest BCUT2D eigenvalue weighted by Crippen LogP contribution is 2.21. The van der Waals surface area contributed by atoms with Gasteiger partial charge in [-0.05, 0) is 31.2 Å². The zero-order chi connectivity index (χ0) is 13.9. The van der Waals surface area contributed by atoms with Crippen LogP contribution in [-0.4, -0.2) is 12.1 Å². The fourth-order valence-electron chi connectivity index (χ4n) is 2.01. The molecule has 0 amide bonds. The zero-order valence-electron chi connectivity index (χ0n) is 11.5. The van der Waals surface area contributed by atoms with E-state index in [1.165, 1.54) is 5.56 Å². The lowest BCUT2D eigenvalue weighted by Crippen LogP contribution is -1.99. The highest BCUT2D eigenvalue weighted by Gasteiger charge is 2.06. The topological polar surface area (TPSA) is 47.3 Å². The zero-order valence-corrected chi connectivity index (χ0v) is 11.5. The van der Waals surface area contributed by atoms with E-state index in [1.54, 1.807) is 7.11 Å². The van der Waals surface area contributed by atoms with Gasteiger partial charge >= 0.3 is 0 Å². The Balaban J connectivity index is 1.75. The number of fused-ring (bicyclic) bond motifs is 1. The average molecular weight is 268 g/mol. The van der Waals surface area contributed by atoms with Crippen molar-refractivity contribution in [1.82, 2.24) is 4.98 Å². The Morgan fingerprint density at radius 1 is 1.15 bits per heavy atom. The number of methoxy groups -OCH3 is 1. The molecule has 1 N–H and O–H groups in total. The molecule has 0 aliphatic rings. The molecule has 3 rings (SSSR count). The van der Waals surface area contributed by atoms with Crippen LogP contribution in [0.15, 0.2) is 46.9 Å². The van der Waals surface area contributed by atoms with Gasteiger partial charge in [0.2, 0.25) is 5.89 Å². The molecule has 1 heterocycles. The Hall–Kier alpha value is -2.49. The molecule has 0 fully saturated rings. The number of hydrogen-bond acceptors (Lipinski definition) is 4. The first-order chi connectivity index (χ1) is 9.74. The fraction of sp³-hybridized carbons (Fsp3) is 0.188. The Morgan fingerprint density at radius 2 is 1.95 bits per heavy atom. The quantitative estimate of drug-likeness (QED) is 0.782. The molecule has 102 valence electrons. The molecule has 0 radical (unpaired) electrons. The molecule has 0 saturated heterocycles. The molecule has 4 heteroatoms. The standard InChI is InChI=1S/C16H16N2O2/c1-11-3-5-12(6-4-11)17-10-16-18-14-9-13(19-2)7-8-15(14)20-16/h3-9,17H,10H2,1-2H3. The van der Waals surface area contributed by atoms with E-state index in [1.807, 2.05) is 30.3 Å². The summed E-state index contributed by atoms with van der Waals surface area (Å²) >= 11 is 0. The Bertz CT molecular complexity index is 717. The van der Waals surface area contributed by atoms with Gasteiger partial charge in [-0.25, -0.2) is 4.98 Å². The van der Waals surface area contributed by atoms with Gasteiger partial charge in [0, 0.05) is 11.8 Å². The highest BCUT2D eigenvalue weighted by atomic mass is 16.5. The molecule has 3 aromatic rings. The van der Waals surface area contributed by atoms with Crippen LogP contribution in [0.25, 0.3) is 11.1 Å². The number of rotatable bonds is 4. The minimum atomic E-state index is 0.556. The molecular formula is C16H16N2O2. The predicted octanol–water partition coefficient (Wildman–Crippen LogP) is 3.76. The van der Waals surface area contributed by atoms with Gasteiger partial charge < -0.3 is 14.5 Å². The van der Waals surface area contributed by atoms with E-state index in [-0.39, 0.29) is 0 Å². The summed E-state index contributed by atoms with van der Waals surface area (Å²) < 4.78 is 10.9. The lowest BCUT2D eigenvalue weighted by Gasteiger charge is -2.03. The third-order valence-corrected chi connectivity index (χ3v) is 3.13. The third kappa shape index (κ3) is 2.59. The van der Waals surface area contributed by atoms with Crippen LogP contribution >= 0.6 is 0 Å². The Labute approximate surface area is 117 Å². The Morgan fingerprint density at radius 3 is 2.70 bits per heavy atom. The number of aryl methyl sites for hydroxylation is 1. The number of nitrogens with one attached hydrogen (secondary N) is 1. The van der Waals surface area contributed by atoms with Crippen molar-refractivity contribution in [2.24, 2.45) is 0 Å². The van der Waals surface area contributed by atoms with Crippen molar-refractivity contribution in [1.29, 1.82) is 0 Å². The van der Waals surface area contributed by atoms with E-state index in [4.69, 9.17) is 9.15 Å². The van der Waals surface area contributed by atoms with Crippen molar-refractivity contribution in [3.05, 3.63) is 53.9 Å². The molecule has 20 heavy (non-hydrogen) atoms. The normalized spacial score (nSPS) is 10.7. The van der Waals surface area contributed by atoms with Gasteiger partial charge in [0.15, 0.2) is 5.58 Å². The second-order valence-corrected chi connectivity index (χ2v) is 4.66. The van der Waals surface area contributed by atoms with Crippen molar-refractivity contribution in [2.75, 3.05) is 12.4 Å². The summed E-state index contributed by atoms with van der Waals surface area (Å²) in [5, 5.41) is 3.29. The van der Waals surface area contributed by atoms with Gasteiger partial charge in [-0.2, -0.15) is 0 Å². The number of anilines is 1. The molecule has 4 nitrogen and oxygen atoms in total. The second-order valence-electron chi connectivity index (χ2n) is 4.66. The average Bonchev–Trinajstić information content (AvgIpc) is 2.88. The van der Waals surface area contributed by atoms with Crippen LogP contribution in [0, 0.1) is 6.92 Å². The first-order valence-corrected chi connectivity index (χ1v) is 6.48. The van der Waals surface area contributed by atoms with Gasteiger partial charge in [-0.15, -0.1) is 0 Å². The predicted molar refractivity (Wildman–Crippen MR) is 79.1 cm³/mol. The molecule has 2 aromatic carbocycles. The van der Waals surface area contributed by atoms with Crippen LogP contribution in [0.4, 0.5) is 5.69 Å². The largest absolute Gasteiger partial charge is 0.497 e. The van der Waals surface area contributed by atoms with E-state index in [9.17, 15) is 0 Å². The van der Waals surface area contributed by atoms with E-state index in [0.717, 1.165) is 22.5 Å². The van der Waals surface area contributed by atoms with E-state index in [0.29, 0.717) is 12.4 Å². The van der Waals surface area contributed by atoms with Crippen LogP contribution < -0.4 is 10.1 Å². The van der Waals surface area contributed by atoms with Crippen LogP contribution in [0.5, 0.6) is 5.75 Å². The lowest BCUT2D eigenvalue weighted by atomic mass is 10.2. The van der Waals surface area contributed by atoms with Crippen molar-refractivity contribution in [2.45, 2.75) is 13.5 Å². The molecule has 0 saturated carbocycles. The van der Waals surface area contributed by atoms with E-state index < -0.39 is 0 Å². The number of oxazole rings is 1. The summed E-state index contributed by atoms with van der Waals surface area (Å²) in [5.41, 5.74) is 3.87. The summed E-state index contributed by atoms with van der Waals surface area (Å²) in [6.45, 7) is 2.62. The van der Waals surface area contributed by atoms with Crippen molar-refractivity contribution in [3.8, 4) is 5.75 Å². The van der Waals surface area contributed by atoms with Gasteiger partial charge in [0.05, 0.1) is 13.7 Å². The monoisotopic (exact) mass is 268 g/mol. The summed E-state index contributed by atoms with van der Waals surface area (Å²) in [4.78, 5) is 4.44. The van der Waals surface area contributed by atoms with Gasteiger partial charge in [-0.1, -0.05) is 17.7 Å². The van der Waals surface area contributed by atoms with Crippen molar-refractivity contribution in [3.63, 3.8) is 0 Å². The number of aromatic nitrogens is 1. The maximum atomic E-state index is 5.68. The first-order valence-electron chi connectivity index (χ1n) is 6.48. The summed E-state index contributed by atoms with van der Waals surface area (Å²) in [7, 11) is 1.64. The molecule has 1 aromatic heterocycles. The first kappa shape index (κ1) is 12.5. The van der Waals surface area contributed by atoms with Crippen molar-refractivity contribution >= 4 is 16.8 Å². The van der Waals surface area contributed by atoms with Crippen LogP contribution in [0.3, 0.4) is 0 Å². The maximum Gasteiger partial charge on any atom is 0.214 e. The van der Waals surface area contributed by atoms with Crippen LogP contribution in [0.2, 0.25) is 0 Å². The van der Waals surface area contributed by atoms with Gasteiger partial charge in [-0.3, -0.25) is 0 Å². The summed E-state index contributed by atoms with van der Waals surface area (Å²) in [5.74, 6) is 1.44. The smallest absolute Gasteiger partial charge is 0.214 e. The van der Waals surface area contributed by atoms with Gasteiger partial charge in [0.1, 0.15) is 11.3 Å². The maximum absolute atomic E-state index is 5.68. The highest BCUT2D eigenvalue weighted by molar-refractivity contribution is 5.74. The number of ether oxygens (including phenoxy) is 1. The number of hydrogen-bond donors (Lipinski definition) is 1. The second kappa shape index (κ2) is 5.25. The Kier molecular flexibility index (Phi) is 3.29.